The van der Waals surface area contributed by atoms with Crippen LogP contribution in [0.25, 0.3) is 11.1 Å². The SMILES string of the molecule is CC12CCC(O)CC13C=CC1(C(C(=O)c4ccc(-c5ccccc5)cc4)=C3)C2CCC2(C)C1CCC21CN(CCc2cccs2)C(=O)O1. The fourth-order valence-corrected chi connectivity index (χ4v) is 12.6. The van der Waals surface area contributed by atoms with E-state index in [0.717, 1.165) is 67.2 Å². The van der Waals surface area contributed by atoms with Crippen LogP contribution in [0, 0.1) is 33.5 Å². The summed E-state index contributed by atoms with van der Waals surface area (Å²) in [5.74, 6) is 0.567. The number of aliphatic hydroxyl groups is 1. The lowest BCUT2D eigenvalue weighted by Crippen LogP contribution is -2.67. The number of allylic oxidation sites excluding steroid dienone is 4. The van der Waals surface area contributed by atoms with Gasteiger partial charge in [0.05, 0.1) is 12.6 Å². The van der Waals surface area contributed by atoms with Gasteiger partial charge in [-0.3, -0.25) is 4.79 Å². The van der Waals surface area contributed by atoms with Crippen LogP contribution in [0.2, 0.25) is 0 Å². The quantitative estimate of drug-likeness (QED) is 0.212. The van der Waals surface area contributed by atoms with Crippen molar-refractivity contribution in [3.63, 3.8) is 0 Å². The average Bonchev–Trinajstić information content (AvgIpc) is 3.81. The monoisotopic (exact) mass is 659 g/mol. The molecule has 1 aliphatic heterocycles. The molecule has 8 atom stereocenters. The third-order valence-electron chi connectivity index (χ3n) is 14.4. The summed E-state index contributed by atoms with van der Waals surface area (Å²) in [7, 11) is 0. The second-order valence-electron chi connectivity index (χ2n) is 16.2. The number of Topliss-reactive ketones (excluding diaryl/α,β-unsaturated/α-hetero) is 1. The second kappa shape index (κ2) is 10.5. The molecule has 2 bridgehead atoms. The lowest BCUT2D eigenvalue weighted by Gasteiger charge is -2.71. The predicted molar refractivity (Wildman–Crippen MR) is 189 cm³/mol. The summed E-state index contributed by atoms with van der Waals surface area (Å²) in [5, 5.41) is 13.1. The largest absolute Gasteiger partial charge is 0.440 e. The summed E-state index contributed by atoms with van der Waals surface area (Å²) in [6, 6.07) is 22.6. The number of rotatable bonds is 6. The highest BCUT2D eigenvalue weighted by Gasteiger charge is 2.76. The van der Waals surface area contributed by atoms with E-state index in [1.165, 1.54) is 4.88 Å². The number of thiophene rings is 1. The van der Waals surface area contributed by atoms with Gasteiger partial charge in [-0.2, -0.15) is 0 Å². The van der Waals surface area contributed by atoms with Gasteiger partial charge in [-0.15, -0.1) is 11.3 Å². The lowest BCUT2D eigenvalue weighted by atomic mass is 9.32. The highest BCUT2D eigenvalue weighted by Crippen LogP contribution is 2.79. The van der Waals surface area contributed by atoms with Crippen LogP contribution in [-0.4, -0.2) is 46.7 Å². The Balaban J connectivity index is 1.11. The highest BCUT2D eigenvalue weighted by atomic mass is 32.1. The topological polar surface area (TPSA) is 66.8 Å². The Labute approximate surface area is 287 Å². The minimum Gasteiger partial charge on any atom is -0.440 e. The standard InChI is InChI=1S/C42H45NO4S/c1-38-18-14-31(44)25-40(38)21-22-42(33(26-40)36(45)30-12-10-29(11-13-30)28-7-4-3-5-8-28)34(38)15-19-39(2)35(42)16-20-41(39)27-43(37(46)47-41)23-17-32-9-6-24-48-32/h3-13,21-22,24,26,31,34-35,44H,14-20,23,25,27H2,1-2H3. The van der Waals surface area contributed by atoms with Crippen molar-refractivity contribution in [2.45, 2.75) is 76.9 Å². The van der Waals surface area contributed by atoms with Crippen LogP contribution in [0.1, 0.15) is 74.0 Å². The van der Waals surface area contributed by atoms with Gasteiger partial charge in [0.15, 0.2) is 5.78 Å². The number of ether oxygens (including phenoxy) is 1. The predicted octanol–water partition coefficient (Wildman–Crippen LogP) is 8.89. The molecule has 1 aromatic heterocycles. The summed E-state index contributed by atoms with van der Waals surface area (Å²) in [6.45, 7) is 6.11. The first-order valence-electron chi connectivity index (χ1n) is 18.0. The molecule has 1 amide bonds. The zero-order valence-corrected chi connectivity index (χ0v) is 28.8. The van der Waals surface area contributed by atoms with E-state index in [1.807, 2.05) is 35.2 Å². The maximum Gasteiger partial charge on any atom is 0.410 e. The number of fused-ring (bicyclic) bond motifs is 2. The molecule has 6 heteroatoms. The number of ketones is 1. The number of carbonyl (C=O) groups excluding carboxylic acids is 2. The number of benzene rings is 2. The molecule has 6 aliphatic carbocycles. The molecule has 248 valence electrons. The van der Waals surface area contributed by atoms with Crippen LogP contribution < -0.4 is 0 Å². The first-order valence-corrected chi connectivity index (χ1v) is 18.8. The van der Waals surface area contributed by atoms with Gasteiger partial charge in [0.25, 0.3) is 0 Å². The fraction of sp³-hybridized carbons (Fsp3) is 0.476. The Morgan fingerprint density at radius 3 is 2.40 bits per heavy atom. The molecule has 1 N–H and O–H groups in total. The highest BCUT2D eigenvalue weighted by molar-refractivity contribution is 7.09. The zero-order valence-electron chi connectivity index (χ0n) is 28.0. The Bertz CT molecular complexity index is 1830. The van der Waals surface area contributed by atoms with Crippen LogP contribution in [-0.2, 0) is 11.2 Å². The number of aliphatic hydroxyl groups excluding tert-OH is 1. The van der Waals surface area contributed by atoms with E-state index in [1.54, 1.807) is 11.3 Å². The van der Waals surface area contributed by atoms with Gasteiger partial charge in [0.2, 0.25) is 0 Å². The molecule has 5 nitrogen and oxygen atoms in total. The van der Waals surface area contributed by atoms with E-state index in [0.29, 0.717) is 19.5 Å². The summed E-state index contributed by atoms with van der Waals surface area (Å²) in [5.41, 5.74) is 2.22. The van der Waals surface area contributed by atoms with Crippen LogP contribution in [0.4, 0.5) is 4.79 Å². The van der Waals surface area contributed by atoms with Crippen molar-refractivity contribution in [1.82, 2.24) is 4.90 Å². The molecule has 3 aromatic rings. The van der Waals surface area contributed by atoms with E-state index in [9.17, 15) is 14.7 Å². The number of carbonyl (C=O) groups is 2. The van der Waals surface area contributed by atoms with Gasteiger partial charge in [0, 0.05) is 38.8 Å². The molecule has 4 fully saturated rings. The molecule has 1 saturated heterocycles. The van der Waals surface area contributed by atoms with Crippen molar-refractivity contribution >= 4 is 23.2 Å². The van der Waals surface area contributed by atoms with E-state index in [2.05, 4.69) is 73.9 Å². The lowest BCUT2D eigenvalue weighted by molar-refractivity contribution is -0.164. The molecule has 7 aliphatic rings. The van der Waals surface area contributed by atoms with Gasteiger partial charge in [-0.1, -0.05) is 92.7 Å². The number of nitrogens with zero attached hydrogens (tertiary/aromatic N) is 1. The van der Waals surface area contributed by atoms with Crippen molar-refractivity contribution in [1.29, 1.82) is 0 Å². The Hall–Kier alpha value is -3.48. The second-order valence-corrected chi connectivity index (χ2v) is 17.2. The number of hydrogen-bond acceptors (Lipinski definition) is 5. The molecule has 0 radical (unpaired) electrons. The molecular formula is C42H45NO4S. The van der Waals surface area contributed by atoms with E-state index >= 15 is 0 Å². The molecule has 3 spiro atoms. The van der Waals surface area contributed by atoms with Crippen molar-refractivity contribution in [3.05, 3.63) is 106 Å². The molecule has 2 heterocycles. The Kier molecular flexibility index (Phi) is 6.69. The third kappa shape index (κ3) is 3.99. The summed E-state index contributed by atoms with van der Waals surface area (Å²) in [6.07, 6.45) is 13.6. The first kappa shape index (κ1) is 30.6. The average molecular weight is 660 g/mol. The zero-order chi connectivity index (χ0) is 32.9. The van der Waals surface area contributed by atoms with Gasteiger partial charge in [-0.05, 0) is 91.2 Å². The van der Waals surface area contributed by atoms with Crippen LogP contribution in [0.15, 0.2) is 95.9 Å². The fourth-order valence-electron chi connectivity index (χ4n) is 11.9. The molecule has 48 heavy (non-hydrogen) atoms. The smallest absolute Gasteiger partial charge is 0.410 e. The number of amides is 1. The van der Waals surface area contributed by atoms with E-state index in [4.69, 9.17) is 4.74 Å². The van der Waals surface area contributed by atoms with E-state index < -0.39 is 11.0 Å². The molecule has 10 rings (SSSR count). The summed E-state index contributed by atoms with van der Waals surface area (Å²) in [4.78, 5) is 31.7. The van der Waals surface area contributed by atoms with Gasteiger partial charge in [-0.25, -0.2) is 4.79 Å². The van der Waals surface area contributed by atoms with Crippen molar-refractivity contribution in [2.75, 3.05) is 13.1 Å². The number of hydrogen-bond donors (Lipinski definition) is 1. The molecule has 3 saturated carbocycles. The normalized spacial score (nSPS) is 39.1. The maximum absolute atomic E-state index is 15.0. The minimum absolute atomic E-state index is 0.0435. The van der Waals surface area contributed by atoms with Crippen molar-refractivity contribution < 1.29 is 19.4 Å². The van der Waals surface area contributed by atoms with E-state index in [-0.39, 0.29) is 46.1 Å². The van der Waals surface area contributed by atoms with Gasteiger partial charge in [0.1, 0.15) is 5.60 Å². The van der Waals surface area contributed by atoms with Crippen LogP contribution in [0.3, 0.4) is 0 Å². The third-order valence-corrected chi connectivity index (χ3v) is 15.3. The van der Waals surface area contributed by atoms with Gasteiger partial charge < -0.3 is 14.7 Å². The van der Waals surface area contributed by atoms with Crippen molar-refractivity contribution in [2.24, 2.45) is 33.5 Å². The van der Waals surface area contributed by atoms with Crippen LogP contribution in [0.5, 0.6) is 0 Å². The summed E-state index contributed by atoms with van der Waals surface area (Å²) >= 11 is 1.74. The maximum atomic E-state index is 15.0. The van der Waals surface area contributed by atoms with Crippen molar-refractivity contribution in [3.8, 4) is 11.1 Å². The first-order chi connectivity index (χ1) is 23.1. The molecular weight excluding hydrogens is 615 g/mol. The summed E-state index contributed by atoms with van der Waals surface area (Å²) < 4.78 is 6.56. The van der Waals surface area contributed by atoms with Gasteiger partial charge >= 0.3 is 6.09 Å². The Morgan fingerprint density at radius 1 is 0.896 bits per heavy atom. The molecule has 2 aromatic carbocycles. The minimum atomic E-state index is -0.557. The molecule has 8 unspecified atom stereocenters. The Morgan fingerprint density at radius 2 is 1.62 bits per heavy atom. The van der Waals surface area contributed by atoms with Crippen LogP contribution >= 0.6 is 11.3 Å².